The Hall–Kier alpha value is -2.27. The molecule has 1 aliphatic rings. The van der Waals surface area contributed by atoms with Crippen LogP contribution in [0.25, 0.3) is 11.2 Å². The van der Waals surface area contributed by atoms with Gasteiger partial charge in [0.1, 0.15) is 18.0 Å². The average molecular weight is 414 g/mol. The van der Waals surface area contributed by atoms with Gasteiger partial charge in [-0.25, -0.2) is 4.98 Å². The van der Waals surface area contributed by atoms with E-state index in [2.05, 4.69) is 15.0 Å². The van der Waals surface area contributed by atoms with Gasteiger partial charge in [0, 0.05) is 0 Å². The largest absolute Gasteiger partial charge is 0.438 e. The van der Waals surface area contributed by atoms with Crippen LogP contribution in [-0.4, -0.2) is 51.3 Å². The molecule has 2 aromatic heterocycles. The van der Waals surface area contributed by atoms with Crippen molar-refractivity contribution in [3.05, 3.63) is 6.33 Å². The summed E-state index contributed by atoms with van der Waals surface area (Å²) in [6.07, 6.45) is 0.851. The molecule has 0 aromatic carbocycles. The van der Waals surface area contributed by atoms with Crippen molar-refractivity contribution >= 4 is 36.5 Å². The molecule has 2 aromatic rings. The number of nitrogens with two attached hydrogens (primary N) is 2. The van der Waals surface area contributed by atoms with Gasteiger partial charge in [0.15, 0.2) is 11.5 Å². The van der Waals surface area contributed by atoms with Crippen LogP contribution >= 0.6 is 7.60 Å². The second-order valence-electron chi connectivity index (χ2n) is 7.29. The number of nitrogens with zero attached hydrogens (tertiary/aromatic N) is 4. The van der Waals surface area contributed by atoms with Crippen LogP contribution in [0.1, 0.15) is 20.8 Å². The summed E-state index contributed by atoms with van der Waals surface area (Å²) in [5.74, 6) is -0.248. The number of fused-ring (bicyclic) bond motifs is 1. The minimum absolute atomic E-state index is 0.0141. The first-order valence-electron chi connectivity index (χ1n) is 8.48. The molecule has 12 nitrogen and oxygen atoms in total. The van der Waals surface area contributed by atoms with E-state index >= 15 is 0 Å². The monoisotopic (exact) mass is 414 g/mol. The predicted octanol–water partition coefficient (Wildman–Crippen LogP) is 1.12. The van der Waals surface area contributed by atoms with Gasteiger partial charge in [0.05, 0.1) is 24.9 Å². The van der Waals surface area contributed by atoms with Gasteiger partial charge >= 0.3 is 13.6 Å². The molecule has 1 unspecified atom stereocenters. The molecule has 4 N–H and O–H groups in total. The van der Waals surface area contributed by atoms with Gasteiger partial charge in [-0.1, -0.05) is 0 Å². The van der Waals surface area contributed by atoms with Crippen molar-refractivity contribution in [2.75, 3.05) is 31.2 Å². The van der Waals surface area contributed by atoms with E-state index in [0.717, 1.165) is 0 Å². The van der Waals surface area contributed by atoms with Gasteiger partial charge in [-0.2, -0.15) is 9.97 Å². The topological polar surface area (TPSA) is 167 Å². The third-order valence-corrected chi connectivity index (χ3v) is 5.39. The summed E-state index contributed by atoms with van der Waals surface area (Å²) in [7, 11) is -3.50. The lowest BCUT2D eigenvalue weighted by Crippen LogP contribution is -2.31. The fraction of sp³-hybridized carbons (Fsp3) is 0.600. The molecule has 28 heavy (non-hydrogen) atoms. The Kier molecular flexibility index (Phi) is 5.57. The zero-order valence-electron chi connectivity index (χ0n) is 15.8. The van der Waals surface area contributed by atoms with Gasteiger partial charge in [-0.05, 0) is 20.8 Å². The molecule has 1 aliphatic heterocycles. The summed E-state index contributed by atoms with van der Waals surface area (Å²) >= 11 is 0. The summed E-state index contributed by atoms with van der Waals surface area (Å²) in [6.45, 7) is 4.98. The Labute approximate surface area is 161 Å². The third-order valence-electron chi connectivity index (χ3n) is 3.89. The van der Waals surface area contributed by atoms with Crippen LogP contribution in [0.3, 0.4) is 0 Å². The number of carbonyl (C=O) groups is 1. The molecular formula is C15H23N6O6P. The second-order valence-corrected chi connectivity index (χ2v) is 9.29. The number of imidazole rings is 1. The van der Waals surface area contributed by atoms with Crippen molar-refractivity contribution in [1.29, 1.82) is 0 Å². The van der Waals surface area contributed by atoms with Gasteiger partial charge in [0.2, 0.25) is 12.7 Å². The molecule has 0 radical (unpaired) electrons. The Morgan fingerprint density at radius 3 is 2.79 bits per heavy atom. The van der Waals surface area contributed by atoms with Crippen LogP contribution in [0.5, 0.6) is 0 Å². The molecule has 0 aliphatic carbocycles. The van der Waals surface area contributed by atoms with E-state index in [1.165, 1.54) is 6.33 Å². The van der Waals surface area contributed by atoms with E-state index < -0.39 is 31.9 Å². The Bertz CT molecular complexity index is 914. The highest BCUT2D eigenvalue weighted by Gasteiger charge is 2.34. The summed E-state index contributed by atoms with van der Waals surface area (Å²) in [4.78, 5) is 23.8. The maximum absolute atomic E-state index is 12.5. The average Bonchev–Trinajstić information content (AvgIpc) is 2.99. The maximum atomic E-state index is 12.5. The molecule has 154 valence electrons. The standard InChI is InChI=1S/C15H23N6O6P/c1-15(2,3)13(22)24-7-27-28(23)8-25-9(5-26-28)4-21-6-18-10-11(16)19-14(17)20-12(10)21/h6,9H,4-5,7-8H2,1-3H3,(H4,16,17,19,20)/t9-,28?/m0/s1. The first kappa shape index (κ1) is 20.5. The molecule has 0 spiro atoms. The van der Waals surface area contributed by atoms with Gasteiger partial charge in [0.25, 0.3) is 0 Å². The molecule has 0 bridgehead atoms. The van der Waals surface area contributed by atoms with Crippen molar-refractivity contribution in [2.24, 2.45) is 5.41 Å². The van der Waals surface area contributed by atoms with E-state index in [0.29, 0.717) is 17.7 Å². The first-order chi connectivity index (χ1) is 13.1. The van der Waals surface area contributed by atoms with Crippen LogP contribution in [0.4, 0.5) is 11.8 Å². The Morgan fingerprint density at radius 2 is 2.14 bits per heavy atom. The van der Waals surface area contributed by atoms with Gasteiger partial charge < -0.3 is 30.0 Å². The highest BCUT2D eigenvalue weighted by atomic mass is 31.2. The highest BCUT2D eigenvalue weighted by Crippen LogP contribution is 2.51. The number of ether oxygens (including phenoxy) is 2. The van der Waals surface area contributed by atoms with Gasteiger partial charge in [-0.3, -0.25) is 13.9 Å². The number of nitrogen functional groups attached to an aromatic ring is 2. The SMILES string of the molecule is CC(C)(C)C(=O)OCOP1(=O)CO[C@@H](Cn2cnc3c(N)nc(N)nc32)CO1. The lowest BCUT2D eigenvalue weighted by Gasteiger charge is -2.29. The lowest BCUT2D eigenvalue weighted by molar-refractivity contribution is -0.160. The van der Waals surface area contributed by atoms with E-state index in [-0.39, 0.29) is 24.7 Å². The van der Waals surface area contributed by atoms with Crippen molar-refractivity contribution < 1.29 is 27.9 Å². The minimum Gasteiger partial charge on any atom is -0.438 e. The molecule has 1 fully saturated rings. The number of carbonyl (C=O) groups excluding carboxylic acids is 1. The zero-order chi connectivity index (χ0) is 20.5. The van der Waals surface area contributed by atoms with Crippen LogP contribution in [0.2, 0.25) is 0 Å². The van der Waals surface area contributed by atoms with Crippen molar-refractivity contribution in [3.63, 3.8) is 0 Å². The van der Waals surface area contributed by atoms with Crippen LogP contribution < -0.4 is 11.5 Å². The molecular weight excluding hydrogens is 391 g/mol. The fourth-order valence-electron chi connectivity index (χ4n) is 2.37. The van der Waals surface area contributed by atoms with E-state index in [9.17, 15) is 9.36 Å². The van der Waals surface area contributed by atoms with Crippen molar-refractivity contribution in [3.8, 4) is 0 Å². The first-order valence-corrected chi connectivity index (χ1v) is 10.2. The van der Waals surface area contributed by atoms with Crippen molar-refractivity contribution in [1.82, 2.24) is 19.5 Å². The molecule has 0 saturated carbocycles. The number of esters is 1. The quantitative estimate of drug-likeness (QED) is 0.409. The number of hydrogen-bond acceptors (Lipinski definition) is 11. The predicted molar refractivity (Wildman–Crippen MR) is 98.9 cm³/mol. The van der Waals surface area contributed by atoms with Gasteiger partial charge in [-0.15, -0.1) is 0 Å². The molecule has 2 atom stereocenters. The highest BCUT2D eigenvalue weighted by molar-refractivity contribution is 7.53. The number of anilines is 2. The summed E-state index contributed by atoms with van der Waals surface area (Å²) in [5.41, 5.74) is 11.6. The second kappa shape index (κ2) is 7.63. The summed E-state index contributed by atoms with van der Waals surface area (Å²) in [6, 6.07) is 0. The Balaban J connectivity index is 1.54. The molecule has 0 amide bonds. The van der Waals surface area contributed by atoms with Crippen LogP contribution in [0, 0.1) is 5.41 Å². The fourth-order valence-corrected chi connectivity index (χ4v) is 3.60. The maximum Gasteiger partial charge on any atom is 0.359 e. The lowest BCUT2D eigenvalue weighted by atomic mass is 9.98. The number of aromatic nitrogens is 4. The minimum atomic E-state index is -3.50. The van der Waals surface area contributed by atoms with Crippen LogP contribution in [-0.2, 0) is 34.4 Å². The van der Waals surface area contributed by atoms with E-state index in [1.807, 2.05) is 0 Å². The smallest absolute Gasteiger partial charge is 0.359 e. The molecule has 3 rings (SSSR count). The molecule has 1 saturated heterocycles. The van der Waals surface area contributed by atoms with Crippen molar-refractivity contribution in [2.45, 2.75) is 33.4 Å². The summed E-state index contributed by atoms with van der Waals surface area (Å²) in [5, 5.41) is 0. The van der Waals surface area contributed by atoms with E-state index in [1.54, 1.807) is 25.3 Å². The molecule has 13 heteroatoms. The zero-order valence-corrected chi connectivity index (χ0v) is 16.7. The van der Waals surface area contributed by atoms with Crippen LogP contribution in [0.15, 0.2) is 6.33 Å². The Morgan fingerprint density at radius 1 is 1.39 bits per heavy atom. The number of hydrogen-bond donors (Lipinski definition) is 2. The number of rotatable bonds is 5. The molecule has 3 heterocycles. The summed E-state index contributed by atoms with van der Waals surface area (Å²) < 4.78 is 35.2. The van der Waals surface area contributed by atoms with E-state index in [4.69, 9.17) is 30.0 Å². The third kappa shape index (κ3) is 4.58. The normalized spacial score (nSPS) is 23.0.